The summed E-state index contributed by atoms with van der Waals surface area (Å²) in [5.41, 5.74) is 1.11. The van der Waals surface area contributed by atoms with E-state index in [-0.39, 0.29) is 0 Å². The van der Waals surface area contributed by atoms with Crippen LogP contribution in [-0.4, -0.2) is 22.5 Å². The van der Waals surface area contributed by atoms with Gasteiger partial charge in [0, 0.05) is 6.42 Å². The van der Waals surface area contributed by atoms with E-state index >= 15 is 0 Å². The molecule has 0 N–H and O–H groups in total. The van der Waals surface area contributed by atoms with Crippen molar-refractivity contribution in [3.63, 3.8) is 0 Å². The summed E-state index contributed by atoms with van der Waals surface area (Å²) in [5, 5.41) is 0. The highest BCUT2D eigenvalue weighted by Crippen LogP contribution is 2.26. The van der Waals surface area contributed by atoms with Crippen molar-refractivity contribution in [1.82, 2.24) is 0 Å². The van der Waals surface area contributed by atoms with Crippen LogP contribution in [0.1, 0.15) is 12.0 Å². The van der Waals surface area contributed by atoms with Crippen molar-refractivity contribution in [3.05, 3.63) is 36.1 Å². The van der Waals surface area contributed by atoms with E-state index in [1.165, 1.54) is 0 Å². The summed E-state index contributed by atoms with van der Waals surface area (Å²) in [4.78, 5) is 0. The fourth-order valence-electron chi connectivity index (χ4n) is 1.84. The molecule has 19 heavy (non-hydrogen) atoms. The second-order valence-corrected chi connectivity index (χ2v) is 9.86. The van der Waals surface area contributed by atoms with Crippen LogP contribution >= 0.6 is 0 Å². The Morgan fingerprint density at radius 3 is 2.37 bits per heavy atom. The molecule has 106 valence electrons. The summed E-state index contributed by atoms with van der Waals surface area (Å²) >= 11 is 0. The quantitative estimate of drug-likeness (QED) is 0.558. The number of aryl methyl sites for hydroxylation is 1. The van der Waals surface area contributed by atoms with Crippen molar-refractivity contribution in [3.8, 4) is 11.5 Å². The summed E-state index contributed by atoms with van der Waals surface area (Å²) in [6, 6.07) is 5.83. The summed E-state index contributed by atoms with van der Waals surface area (Å²) < 4.78 is 16.5. The van der Waals surface area contributed by atoms with E-state index < -0.39 is 8.32 Å². The molecule has 3 nitrogen and oxygen atoms in total. The molecule has 1 rings (SSSR count). The predicted molar refractivity (Wildman–Crippen MR) is 81.4 cm³/mol. The van der Waals surface area contributed by atoms with Gasteiger partial charge in [0.05, 0.1) is 20.0 Å². The van der Waals surface area contributed by atoms with Gasteiger partial charge in [-0.2, -0.15) is 0 Å². The fraction of sp³-hybridized carbons (Fsp3) is 0.467. The number of hydrogen-bond donors (Lipinski definition) is 0. The average Bonchev–Trinajstić information content (AvgIpc) is 2.33. The van der Waals surface area contributed by atoms with Crippen molar-refractivity contribution in [2.75, 3.05) is 14.2 Å². The molecule has 0 aliphatic heterocycles. The normalized spacial score (nSPS) is 11.0. The highest BCUT2D eigenvalue weighted by atomic mass is 28.4. The zero-order chi connectivity index (χ0) is 14.5. The van der Waals surface area contributed by atoms with Crippen LogP contribution in [0, 0.1) is 0 Å². The topological polar surface area (TPSA) is 27.7 Å². The summed E-state index contributed by atoms with van der Waals surface area (Å²) in [6.45, 7) is 10.5. The van der Waals surface area contributed by atoms with Gasteiger partial charge >= 0.3 is 0 Å². The van der Waals surface area contributed by atoms with Crippen LogP contribution in [0.25, 0.3) is 0 Å². The molecule has 0 heterocycles. The largest absolute Gasteiger partial charge is 0.548 e. The summed E-state index contributed by atoms with van der Waals surface area (Å²) in [5.74, 6) is 2.57. The zero-order valence-corrected chi connectivity index (χ0v) is 13.6. The Morgan fingerprint density at radius 1 is 1.16 bits per heavy atom. The first-order chi connectivity index (χ1) is 8.85. The molecular weight excluding hydrogens is 256 g/mol. The minimum Gasteiger partial charge on any atom is -0.548 e. The van der Waals surface area contributed by atoms with E-state index in [0.29, 0.717) is 0 Å². The highest BCUT2D eigenvalue weighted by molar-refractivity contribution is 6.70. The molecule has 0 bridgehead atoms. The maximum Gasteiger partial charge on any atom is 0.241 e. The van der Waals surface area contributed by atoms with Crippen molar-refractivity contribution >= 4 is 8.32 Å². The maximum absolute atomic E-state index is 5.86. The molecule has 0 unspecified atom stereocenters. The predicted octanol–water partition coefficient (Wildman–Crippen LogP) is 4.00. The van der Waals surface area contributed by atoms with Crippen molar-refractivity contribution in [2.24, 2.45) is 0 Å². The average molecular weight is 280 g/mol. The van der Waals surface area contributed by atoms with Gasteiger partial charge in [-0.15, -0.1) is 0 Å². The second kappa shape index (κ2) is 6.66. The maximum atomic E-state index is 5.86. The Kier molecular flexibility index (Phi) is 5.48. The molecule has 0 spiro atoms. The summed E-state index contributed by atoms with van der Waals surface area (Å²) in [6.07, 6.45) is 1.64. The molecule has 0 saturated carbocycles. The first kappa shape index (κ1) is 15.6. The zero-order valence-electron chi connectivity index (χ0n) is 12.6. The van der Waals surface area contributed by atoms with Gasteiger partial charge in [-0.05, 0) is 49.8 Å². The van der Waals surface area contributed by atoms with Gasteiger partial charge in [0.25, 0.3) is 0 Å². The molecule has 4 heteroatoms. The van der Waals surface area contributed by atoms with E-state index in [1.54, 1.807) is 14.2 Å². The SMILES string of the molecule is C=C(CCc1cc(OC)ccc1OC)O[Si](C)(C)C. The number of ether oxygens (including phenoxy) is 2. The van der Waals surface area contributed by atoms with E-state index in [4.69, 9.17) is 13.9 Å². The third-order valence-corrected chi connectivity index (χ3v) is 3.51. The van der Waals surface area contributed by atoms with Crippen LogP contribution in [0.5, 0.6) is 11.5 Å². The van der Waals surface area contributed by atoms with Crippen LogP contribution in [0.4, 0.5) is 0 Å². The van der Waals surface area contributed by atoms with Gasteiger partial charge in [-0.3, -0.25) is 0 Å². The Morgan fingerprint density at radius 2 is 1.84 bits per heavy atom. The van der Waals surface area contributed by atoms with Crippen molar-refractivity contribution < 1.29 is 13.9 Å². The molecule has 0 saturated heterocycles. The first-order valence-electron chi connectivity index (χ1n) is 6.43. The summed E-state index contributed by atoms with van der Waals surface area (Å²) in [7, 11) is 1.79. The van der Waals surface area contributed by atoms with Gasteiger partial charge in [-0.1, -0.05) is 6.58 Å². The number of benzene rings is 1. The monoisotopic (exact) mass is 280 g/mol. The van der Waals surface area contributed by atoms with E-state index in [1.807, 2.05) is 18.2 Å². The lowest BCUT2D eigenvalue weighted by atomic mass is 10.1. The lowest BCUT2D eigenvalue weighted by Crippen LogP contribution is -2.24. The third kappa shape index (κ3) is 5.38. The Labute approximate surface area is 117 Å². The van der Waals surface area contributed by atoms with Gasteiger partial charge in [0.2, 0.25) is 8.32 Å². The number of hydrogen-bond acceptors (Lipinski definition) is 3. The van der Waals surface area contributed by atoms with Gasteiger partial charge in [0.1, 0.15) is 11.5 Å². The number of methoxy groups -OCH3 is 2. The molecular formula is C15H24O3Si. The minimum atomic E-state index is -1.55. The van der Waals surface area contributed by atoms with Crippen LogP contribution in [0.15, 0.2) is 30.5 Å². The first-order valence-corrected chi connectivity index (χ1v) is 9.84. The van der Waals surface area contributed by atoms with Crippen LogP contribution in [0.2, 0.25) is 19.6 Å². The molecule has 0 aliphatic rings. The smallest absolute Gasteiger partial charge is 0.241 e. The minimum absolute atomic E-state index is 0.799. The molecule has 1 aromatic rings. The van der Waals surface area contributed by atoms with Crippen LogP contribution in [-0.2, 0) is 10.8 Å². The number of allylic oxidation sites excluding steroid dienone is 1. The molecule has 0 aliphatic carbocycles. The van der Waals surface area contributed by atoms with E-state index in [0.717, 1.165) is 35.7 Å². The van der Waals surface area contributed by atoms with E-state index in [2.05, 4.69) is 26.2 Å². The van der Waals surface area contributed by atoms with Gasteiger partial charge in [-0.25, -0.2) is 0 Å². The molecule has 1 aromatic carbocycles. The molecule has 0 radical (unpaired) electrons. The third-order valence-electron chi connectivity index (χ3n) is 2.61. The molecule has 0 fully saturated rings. The fourth-order valence-corrected chi connectivity index (χ4v) is 2.80. The van der Waals surface area contributed by atoms with Crippen LogP contribution < -0.4 is 9.47 Å². The Bertz CT molecular complexity index is 436. The Hall–Kier alpha value is -1.42. The lowest BCUT2D eigenvalue weighted by molar-refractivity contribution is 0.389. The van der Waals surface area contributed by atoms with Crippen molar-refractivity contribution in [1.29, 1.82) is 0 Å². The second-order valence-electron chi connectivity index (χ2n) is 5.43. The molecule has 0 atom stereocenters. The highest BCUT2D eigenvalue weighted by Gasteiger charge is 2.17. The van der Waals surface area contributed by atoms with Gasteiger partial charge < -0.3 is 13.9 Å². The van der Waals surface area contributed by atoms with Gasteiger partial charge in [0.15, 0.2) is 0 Å². The molecule has 0 aromatic heterocycles. The van der Waals surface area contributed by atoms with E-state index in [9.17, 15) is 0 Å². The lowest BCUT2D eigenvalue weighted by Gasteiger charge is -2.21. The standard InChI is InChI=1S/C15H24O3Si/c1-12(18-19(4,5)6)7-8-13-11-14(16-2)9-10-15(13)17-3/h9-11H,1,7-8H2,2-6H3. The van der Waals surface area contributed by atoms with Crippen LogP contribution in [0.3, 0.4) is 0 Å². The van der Waals surface area contributed by atoms with Crippen molar-refractivity contribution in [2.45, 2.75) is 32.5 Å². The number of rotatable bonds is 7. The Balaban J connectivity index is 2.68. The molecule has 0 amide bonds.